The van der Waals surface area contributed by atoms with E-state index >= 15 is 0 Å². The number of hydrogen-bond acceptors (Lipinski definition) is 4. The normalized spacial score (nSPS) is 10.0. The summed E-state index contributed by atoms with van der Waals surface area (Å²) in [4.78, 5) is 13.6. The van der Waals surface area contributed by atoms with Crippen LogP contribution in [0.2, 0.25) is 0 Å². The number of amides is 1. The molecule has 2 rings (SSSR count). The van der Waals surface area contributed by atoms with E-state index < -0.39 is 0 Å². The number of benzene rings is 1. The summed E-state index contributed by atoms with van der Waals surface area (Å²) in [5.74, 6) is -0.214. The summed E-state index contributed by atoms with van der Waals surface area (Å²) >= 11 is 0. The number of rotatable bonds is 4. The zero-order chi connectivity index (χ0) is 14.5. The van der Waals surface area contributed by atoms with Crippen molar-refractivity contribution in [1.82, 2.24) is 14.7 Å². The Bertz CT molecular complexity index is 656. The first-order valence-corrected chi connectivity index (χ1v) is 6.16. The molecule has 102 valence electrons. The number of anilines is 1. The molecule has 0 spiro atoms. The fraction of sp³-hybridized carbons (Fsp3) is 0.214. The van der Waals surface area contributed by atoms with Crippen LogP contribution in [0.4, 0.5) is 5.69 Å². The lowest BCUT2D eigenvalue weighted by atomic mass is 10.3. The average molecular weight is 269 g/mol. The number of nitrogens with two attached hydrogens (primary N) is 1. The van der Waals surface area contributed by atoms with Crippen molar-refractivity contribution in [2.45, 2.75) is 6.42 Å². The lowest BCUT2D eigenvalue weighted by molar-refractivity contribution is 0.0792. The first kappa shape index (κ1) is 13.6. The second kappa shape index (κ2) is 5.89. The number of para-hydroxylation sites is 2. The molecule has 0 fully saturated rings. The molecule has 1 aromatic heterocycles. The minimum Gasteiger partial charge on any atom is -0.397 e. The maximum absolute atomic E-state index is 12.1. The molecule has 6 heteroatoms. The molecule has 0 aliphatic rings. The van der Waals surface area contributed by atoms with Crippen LogP contribution in [0.3, 0.4) is 0 Å². The summed E-state index contributed by atoms with van der Waals surface area (Å²) in [6, 6.07) is 10.9. The van der Waals surface area contributed by atoms with Crippen molar-refractivity contribution < 1.29 is 4.79 Å². The first-order valence-electron chi connectivity index (χ1n) is 6.16. The minimum absolute atomic E-state index is 0.214. The number of hydrogen-bond donors (Lipinski definition) is 1. The highest BCUT2D eigenvalue weighted by atomic mass is 16.2. The van der Waals surface area contributed by atoms with Crippen molar-refractivity contribution in [2.24, 2.45) is 0 Å². The zero-order valence-corrected chi connectivity index (χ0v) is 11.2. The maximum atomic E-state index is 12.1. The standard InChI is InChI=1S/C14H15N5O/c1-18(9-4-8-15)14(20)12-7-10-19(17-12)13-6-3-2-5-11(13)16/h2-3,5-7,10H,4,9,16H2,1H3. The maximum Gasteiger partial charge on any atom is 0.274 e. The molecule has 0 atom stereocenters. The van der Waals surface area contributed by atoms with E-state index in [4.69, 9.17) is 11.0 Å². The van der Waals surface area contributed by atoms with Gasteiger partial charge in [0.1, 0.15) is 0 Å². The van der Waals surface area contributed by atoms with Gasteiger partial charge in [0.2, 0.25) is 0 Å². The van der Waals surface area contributed by atoms with Crippen LogP contribution in [0.15, 0.2) is 36.5 Å². The average Bonchev–Trinajstić information content (AvgIpc) is 2.94. The van der Waals surface area contributed by atoms with Gasteiger partial charge in [-0.2, -0.15) is 10.4 Å². The Morgan fingerprint density at radius 2 is 2.20 bits per heavy atom. The van der Waals surface area contributed by atoms with Crippen molar-refractivity contribution in [3.05, 3.63) is 42.2 Å². The largest absolute Gasteiger partial charge is 0.397 e. The van der Waals surface area contributed by atoms with Gasteiger partial charge < -0.3 is 10.6 Å². The SMILES string of the molecule is CN(CCC#N)C(=O)c1ccn(-c2ccccc2N)n1. The molecule has 0 saturated carbocycles. The Morgan fingerprint density at radius 1 is 1.45 bits per heavy atom. The second-order valence-electron chi connectivity index (χ2n) is 4.34. The van der Waals surface area contributed by atoms with E-state index in [9.17, 15) is 4.79 Å². The fourth-order valence-electron chi connectivity index (χ4n) is 1.78. The van der Waals surface area contributed by atoms with Crippen LogP contribution in [0.5, 0.6) is 0 Å². The van der Waals surface area contributed by atoms with Crippen LogP contribution >= 0.6 is 0 Å². The monoisotopic (exact) mass is 269 g/mol. The number of carbonyl (C=O) groups excluding carboxylic acids is 1. The number of aromatic nitrogens is 2. The molecule has 0 saturated heterocycles. The van der Waals surface area contributed by atoms with Crippen LogP contribution in [0.1, 0.15) is 16.9 Å². The Balaban J connectivity index is 2.19. The molecule has 0 bridgehead atoms. The van der Waals surface area contributed by atoms with E-state index in [1.165, 1.54) is 4.90 Å². The summed E-state index contributed by atoms with van der Waals surface area (Å²) in [6.45, 7) is 0.385. The number of nitrogen functional groups attached to an aromatic ring is 1. The van der Waals surface area contributed by atoms with Gasteiger partial charge in [0.15, 0.2) is 5.69 Å². The molecule has 1 aromatic carbocycles. The van der Waals surface area contributed by atoms with Crippen molar-refractivity contribution >= 4 is 11.6 Å². The highest BCUT2D eigenvalue weighted by Gasteiger charge is 2.15. The van der Waals surface area contributed by atoms with E-state index in [2.05, 4.69) is 5.10 Å². The van der Waals surface area contributed by atoms with Crippen LogP contribution < -0.4 is 5.73 Å². The lowest BCUT2D eigenvalue weighted by Gasteiger charge is -2.13. The molecular formula is C14H15N5O. The van der Waals surface area contributed by atoms with Crippen LogP contribution in [-0.4, -0.2) is 34.2 Å². The summed E-state index contributed by atoms with van der Waals surface area (Å²) in [6.07, 6.45) is 1.99. The molecule has 20 heavy (non-hydrogen) atoms. The second-order valence-corrected chi connectivity index (χ2v) is 4.34. The van der Waals surface area contributed by atoms with Gasteiger partial charge in [-0.3, -0.25) is 4.79 Å². The van der Waals surface area contributed by atoms with E-state index in [-0.39, 0.29) is 5.91 Å². The highest BCUT2D eigenvalue weighted by molar-refractivity contribution is 5.92. The predicted octanol–water partition coefficient (Wildman–Crippen LogP) is 1.44. The van der Waals surface area contributed by atoms with E-state index in [1.807, 2.05) is 24.3 Å². The van der Waals surface area contributed by atoms with Gasteiger partial charge in [0.05, 0.1) is 23.9 Å². The molecule has 0 aliphatic heterocycles. The van der Waals surface area contributed by atoms with Crippen molar-refractivity contribution in [2.75, 3.05) is 19.3 Å². The lowest BCUT2D eigenvalue weighted by Crippen LogP contribution is -2.28. The van der Waals surface area contributed by atoms with Gasteiger partial charge in [-0.15, -0.1) is 0 Å². The predicted molar refractivity (Wildman–Crippen MR) is 75.2 cm³/mol. The van der Waals surface area contributed by atoms with Gasteiger partial charge in [-0.1, -0.05) is 12.1 Å². The summed E-state index contributed by atoms with van der Waals surface area (Å²) in [5, 5.41) is 12.8. The van der Waals surface area contributed by atoms with Gasteiger partial charge in [-0.05, 0) is 18.2 Å². The molecule has 2 N–H and O–H groups in total. The fourth-order valence-corrected chi connectivity index (χ4v) is 1.78. The van der Waals surface area contributed by atoms with Crippen LogP contribution in [-0.2, 0) is 0 Å². The van der Waals surface area contributed by atoms with E-state index in [0.717, 1.165) is 5.69 Å². The Kier molecular flexibility index (Phi) is 4.01. The van der Waals surface area contributed by atoms with Gasteiger partial charge in [-0.25, -0.2) is 4.68 Å². The molecule has 2 aromatic rings. The van der Waals surface area contributed by atoms with E-state index in [0.29, 0.717) is 24.3 Å². The Morgan fingerprint density at radius 3 is 2.90 bits per heavy atom. The molecule has 1 heterocycles. The van der Waals surface area contributed by atoms with E-state index in [1.54, 1.807) is 30.1 Å². The number of nitrogens with zero attached hydrogens (tertiary/aromatic N) is 4. The molecular weight excluding hydrogens is 254 g/mol. The Labute approximate surface area is 117 Å². The minimum atomic E-state index is -0.214. The molecule has 0 aliphatic carbocycles. The third-order valence-electron chi connectivity index (χ3n) is 2.90. The van der Waals surface area contributed by atoms with Crippen LogP contribution in [0.25, 0.3) is 5.69 Å². The summed E-state index contributed by atoms with van der Waals surface area (Å²) < 4.78 is 1.57. The molecule has 1 amide bonds. The third kappa shape index (κ3) is 2.78. The van der Waals surface area contributed by atoms with Crippen molar-refractivity contribution in [1.29, 1.82) is 5.26 Å². The summed E-state index contributed by atoms with van der Waals surface area (Å²) in [5.41, 5.74) is 7.52. The van der Waals surface area contributed by atoms with Gasteiger partial charge in [0, 0.05) is 19.8 Å². The first-order chi connectivity index (χ1) is 9.63. The van der Waals surface area contributed by atoms with Gasteiger partial charge >= 0.3 is 0 Å². The molecule has 6 nitrogen and oxygen atoms in total. The van der Waals surface area contributed by atoms with Crippen molar-refractivity contribution in [3.63, 3.8) is 0 Å². The highest BCUT2D eigenvalue weighted by Crippen LogP contribution is 2.16. The number of carbonyl (C=O) groups is 1. The quantitative estimate of drug-likeness (QED) is 0.851. The Hall–Kier alpha value is -2.81. The zero-order valence-electron chi connectivity index (χ0n) is 11.2. The third-order valence-corrected chi connectivity index (χ3v) is 2.90. The molecule has 0 unspecified atom stereocenters. The summed E-state index contributed by atoms with van der Waals surface area (Å²) in [7, 11) is 1.65. The van der Waals surface area contributed by atoms with Crippen LogP contribution in [0, 0.1) is 11.3 Å². The number of nitriles is 1. The smallest absolute Gasteiger partial charge is 0.274 e. The van der Waals surface area contributed by atoms with Crippen molar-refractivity contribution in [3.8, 4) is 11.8 Å². The topological polar surface area (TPSA) is 87.9 Å². The molecule has 0 radical (unpaired) electrons. The van der Waals surface area contributed by atoms with Gasteiger partial charge in [0.25, 0.3) is 5.91 Å².